The van der Waals surface area contributed by atoms with Crippen LogP contribution in [0.5, 0.6) is 0 Å². The van der Waals surface area contributed by atoms with Crippen LogP contribution < -0.4 is 5.32 Å². The molecule has 0 amide bonds. The molecule has 2 rings (SSSR count). The first-order chi connectivity index (χ1) is 9.02. The van der Waals surface area contributed by atoms with Crippen molar-refractivity contribution in [3.63, 3.8) is 0 Å². The van der Waals surface area contributed by atoms with Gasteiger partial charge in [-0.25, -0.2) is 0 Å². The first-order valence-electron chi connectivity index (χ1n) is 5.65. The summed E-state index contributed by atoms with van der Waals surface area (Å²) in [6.07, 6.45) is 1.10. The molecule has 0 spiro atoms. The summed E-state index contributed by atoms with van der Waals surface area (Å²) in [6, 6.07) is 4.38. The van der Waals surface area contributed by atoms with Gasteiger partial charge in [-0.2, -0.15) is 0 Å². The van der Waals surface area contributed by atoms with Gasteiger partial charge in [-0.05, 0) is 72.9 Å². The van der Waals surface area contributed by atoms with Crippen LogP contribution in [0.3, 0.4) is 0 Å². The van der Waals surface area contributed by atoms with Crippen LogP contribution in [-0.2, 0) is 0 Å². The van der Waals surface area contributed by atoms with Gasteiger partial charge in [-0.1, -0.05) is 18.5 Å². The van der Waals surface area contributed by atoms with Gasteiger partial charge in [0.2, 0.25) is 0 Å². The van der Waals surface area contributed by atoms with Gasteiger partial charge in [-0.15, -0.1) is 22.7 Å². The van der Waals surface area contributed by atoms with Gasteiger partial charge >= 0.3 is 0 Å². The number of hydrogen-bond acceptors (Lipinski definition) is 3. The summed E-state index contributed by atoms with van der Waals surface area (Å²) in [5.41, 5.74) is 0. The molecular formula is C12H11Br3ClNS2. The molecule has 0 radical (unpaired) electrons. The quantitative estimate of drug-likeness (QED) is 0.466. The van der Waals surface area contributed by atoms with Crippen molar-refractivity contribution in [2.24, 2.45) is 0 Å². The number of halogens is 4. The molecule has 0 saturated heterocycles. The Morgan fingerprint density at radius 2 is 1.79 bits per heavy atom. The summed E-state index contributed by atoms with van der Waals surface area (Å²) >= 11 is 20.2. The topological polar surface area (TPSA) is 12.0 Å². The van der Waals surface area contributed by atoms with E-state index in [2.05, 4.69) is 66.1 Å². The van der Waals surface area contributed by atoms with Gasteiger partial charge in [0.05, 0.1) is 18.6 Å². The zero-order chi connectivity index (χ0) is 14.0. The van der Waals surface area contributed by atoms with Crippen molar-refractivity contribution in [3.8, 4) is 0 Å². The second-order valence-electron chi connectivity index (χ2n) is 3.93. The number of thiophene rings is 2. The van der Waals surface area contributed by atoms with E-state index in [1.165, 1.54) is 9.75 Å². The van der Waals surface area contributed by atoms with Crippen LogP contribution in [-0.4, -0.2) is 6.54 Å². The molecule has 0 fully saturated rings. The van der Waals surface area contributed by atoms with Crippen molar-refractivity contribution in [1.29, 1.82) is 0 Å². The Kier molecular flexibility index (Phi) is 6.40. The van der Waals surface area contributed by atoms with Crippen LogP contribution in [0, 0.1) is 0 Å². The third-order valence-corrected chi connectivity index (χ3v) is 8.36. The van der Waals surface area contributed by atoms with Gasteiger partial charge in [0.1, 0.15) is 0 Å². The fourth-order valence-electron chi connectivity index (χ4n) is 1.64. The van der Waals surface area contributed by atoms with Gasteiger partial charge in [0.15, 0.2) is 0 Å². The van der Waals surface area contributed by atoms with Crippen molar-refractivity contribution in [2.45, 2.75) is 19.4 Å². The third-order valence-electron chi connectivity index (χ3n) is 2.50. The van der Waals surface area contributed by atoms with E-state index in [1.807, 2.05) is 6.07 Å². The molecule has 2 aromatic heterocycles. The average Bonchev–Trinajstić information content (AvgIpc) is 2.85. The van der Waals surface area contributed by atoms with Crippen molar-refractivity contribution in [2.75, 3.05) is 6.54 Å². The summed E-state index contributed by atoms with van der Waals surface area (Å²) in [5, 5.41) is 4.36. The maximum atomic E-state index is 6.15. The monoisotopic (exact) mass is 505 g/mol. The fraction of sp³-hybridized carbons (Fsp3) is 0.333. The van der Waals surface area contributed by atoms with E-state index < -0.39 is 0 Å². The minimum Gasteiger partial charge on any atom is -0.305 e. The molecule has 2 heterocycles. The number of nitrogens with one attached hydrogen (secondary N) is 1. The molecule has 1 unspecified atom stereocenters. The van der Waals surface area contributed by atoms with Crippen LogP contribution in [0.4, 0.5) is 0 Å². The lowest BCUT2D eigenvalue weighted by molar-refractivity contribution is 0.613. The normalized spacial score (nSPS) is 12.9. The molecule has 1 atom stereocenters. The largest absolute Gasteiger partial charge is 0.305 e. The van der Waals surface area contributed by atoms with Crippen molar-refractivity contribution in [1.82, 2.24) is 5.32 Å². The molecule has 0 aromatic carbocycles. The lowest BCUT2D eigenvalue weighted by Gasteiger charge is -2.15. The Hall–Kier alpha value is 1.09. The zero-order valence-corrected chi connectivity index (χ0v) is 17.1. The summed E-state index contributed by atoms with van der Waals surface area (Å²) in [7, 11) is 0. The van der Waals surface area contributed by atoms with Gasteiger partial charge in [0.25, 0.3) is 0 Å². The van der Waals surface area contributed by atoms with Gasteiger partial charge < -0.3 is 5.32 Å². The van der Waals surface area contributed by atoms with Gasteiger partial charge in [0, 0.05) is 14.2 Å². The average molecular weight is 509 g/mol. The Labute approximate surface area is 151 Å². The molecule has 7 heteroatoms. The van der Waals surface area contributed by atoms with Crippen molar-refractivity contribution in [3.05, 3.63) is 39.0 Å². The summed E-state index contributed by atoms with van der Waals surface area (Å²) in [6.45, 7) is 3.15. The fourth-order valence-corrected chi connectivity index (χ4v) is 5.74. The van der Waals surface area contributed by atoms with E-state index >= 15 is 0 Å². The van der Waals surface area contributed by atoms with Crippen LogP contribution in [0.2, 0.25) is 5.02 Å². The SMILES string of the molecule is CCCNC(c1cc(Cl)c(Br)s1)c1cc(Br)c(Br)s1. The molecule has 0 aliphatic rings. The second-order valence-corrected chi connectivity index (χ2v) is 9.99. The highest BCUT2D eigenvalue weighted by Crippen LogP contribution is 2.42. The molecule has 0 aliphatic heterocycles. The molecule has 2 aromatic rings. The number of hydrogen-bond donors (Lipinski definition) is 1. The molecule has 0 saturated carbocycles. The predicted molar refractivity (Wildman–Crippen MR) is 96.9 cm³/mol. The standard InChI is InChI=1S/C12H11Br3ClNS2/c1-2-3-17-10(8-4-6(13)11(14)18-8)9-5-7(16)12(15)19-9/h4-5,10,17H,2-3H2,1H3. The van der Waals surface area contributed by atoms with Crippen LogP contribution in [0.25, 0.3) is 0 Å². The van der Waals surface area contributed by atoms with Crippen LogP contribution in [0.15, 0.2) is 24.2 Å². The van der Waals surface area contributed by atoms with Crippen molar-refractivity contribution < 1.29 is 0 Å². The maximum Gasteiger partial charge on any atom is 0.0888 e. The van der Waals surface area contributed by atoms with Crippen LogP contribution >= 0.6 is 82.1 Å². The van der Waals surface area contributed by atoms with Crippen molar-refractivity contribution >= 4 is 82.1 Å². The molecule has 0 bridgehead atoms. The number of rotatable bonds is 5. The second kappa shape index (κ2) is 7.38. The highest BCUT2D eigenvalue weighted by Gasteiger charge is 2.20. The lowest BCUT2D eigenvalue weighted by Crippen LogP contribution is -2.21. The molecule has 104 valence electrons. The highest BCUT2D eigenvalue weighted by atomic mass is 79.9. The van der Waals surface area contributed by atoms with Gasteiger partial charge in [-0.3, -0.25) is 0 Å². The minimum absolute atomic E-state index is 0.196. The Bertz CT molecular complexity index is 482. The summed E-state index contributed by atoms with van der Waals surface area (Å²) in [5.74, 6) is 0. The van der Waals surface area contributed by atoms with Crippen LogP contribution in [0.1, 0.15) is 29.1 Å². The lowest BCUT2D eigenvalue weighted by atomic mass is 10.2. The maximum absolute atomic E-state index is 6.15. The Balaban J connectivity index is 2.34. The third kappa shape index (κ3) is 4.05. The highest BCUT2D eigenvalue weighted by molar-refractivity contribution is 9.13. The molecule has 1 nitrogen and oxygen atoms in total. The Morgan fingerprint density at radius 3 is 2.26 bits per heavy atom. The smallest absolute Gasteiger partial charge is 0.0888 e. The molecule has 1 N–H and O–H groups in total. The summed E-state index contributed by atoms with van der Waals surface area (Å²) in [4.78, 5) is 2.50. The zero-order valence-electron chi connectivity index (χ0n) is 9.97. The van der Waals surface area contributed by atoms with E-state index in [9.17, 15) is 0 Å². The van der Waals surface area contributed by atoms with E-state index in [-0.39, 0.29) is 6.04 Å². The van der Waals surface area contributed by atoms with E-state index in [1.54, 1.807) is 22.7 Å². The summed E-state index contributed by atoms with van der Waals surface area (Å²) < 4.78 is 3.20. The Morgan fingerprint density at radius 1 is 1.16 bits per heavy atom. The molecular weight excluding hydrogens is 497 g/mol. The van der Waals surface area contributed by atoms with E-state index in [0.717, 1.165) is 30.0 Å². The van der Waals surface area contributed by atoms with E-state index in [4.69, 9.17) is 11.6 Å². The first kappa shape index (κ1) is 16.5. The minimum atomic E-state index is 0.196. The van der Waals surface area contributed by atoms with E-state index in [0.29, 0.717) is 0 Å². The predicted octanol–water partition coefficient (Wildman–Crippen LogP) is 6.84. The molecule has 19 heavy (non-hydrogen) atoms. The first-order valence-corrected chi connectivity index (χ1v) is 10.0. The molecule has 0 aliphatic carbocycles.